The molecule has 3 rings (SSSR count). The van der Waals surface area contributed by atoms with Gasteiger partial charge in [-0.1, -0.05) is 30.3 Å². The molecule has 1 aliphatic rings. The molecule has 2 aromatic carbocycles. The van der Waals surface area contributed by atoms with Crippen LogP contribution in [0.25, 0.3) is 0 Å². The van der Waals surface area contributed by atoms with Gasteiger partial charge < -0.3 is 15.2 Å². The number of sulfonamides is 1. The second-order valence-corrected chi connectivity index (χ2v) is 9.59. The summed E-state index contributed by atoms with van der Waals surface area (Å²) in [5.41, 5.74) is 1.59. The van der Waals surface area contributed by atoms with E-state index in [1.165, 1.54) is 0 Å². The van der Waals surface area contributed by atoms with Gasteiger partial charge in [-0.05, 0) is 55.5 Å². The predicted octanol–water partition coefficient (Wildman–Crippen LogP) is 3.61. The van der Waals surface area contributed by atoms with Crippen molar-refractivity contribution in [2.75, 3.05) is 25.0 Å². The molecule has 0 aliphatic heterocycles. The number of methoxy groups -OCH3 is 1. The Morgan fingerprint density at radius 3 is 2.14 bits per heavy atom. The molecule has 192 valence electrons. The number of hydrogen-bond donors (Lipinski definition) is 3. The van der Waals surface area contributed by atoms with E-state index in [0.29, 0.717) is 24.4 Å². The normalized spacial score (nSPS) is 14.3. The van der Waals surface area contributed by atoms with Gasteiger partial charge in [-0.2, -0.15) is 13.2 Å². The Labute approximate surface area is 201 Å². The highest BCUT2D eigenvalue weighted by atomic mass is 32.2. The quantitative estimate of drug-likeness (QED) is 0.438. The van der Waals surface area contributed by atoms with E-state index >= 15 is 0 Å². The van der Waals surface area contributed by atoms with Gasteiger partial charge in [0, 0.05) is 25.9 Å². The van der Waals surface area contributed by atoms with Crippen LogP contribution in [0.3, 0.4) is 0 Å². The van der Waals surface area contributed by atoms with Crippen molar-refractivity contribution in [3.05, 3.63) is 59.7 Å². The molecule has 0 spiro atoms. The first-order valence-corrected chi connectivity index (χ1v) is 12.1. The van der Waals surface area contributed by atoms with Crippen molar-refractivity contribution in [1.29, 1.82) is 0 Å². The van der Waals surface area contributed by atoms with Crippen LogP contribution in [0.1, 0.15) is 30.4 Å². The number of carbonyl (C=O) groups excluding carboxylic acids is 1. The number of ether oxygens (including phenoxy) is 1. The number of aryl methyl sites for hydroxylation is 1. The zero-order valence-electron chi connectivity index (χ0n) is 19.2. The van der Waals surface area contributed by atoms with Crippen LogP contribution in [0.15, 0.2) is 53.4 Å². The van der Waals surface area contributed by atoms with Crippen LogP contribution in [0.5, 0.6) is 0 Å². The molecular weight excluding hydrogens is 489 g/mol. The molecule has 2 aromatic rings. The summed E-state index contributed by atoms with van der Waals surface area (Å²) in [4.78, 5) is 21.7. The Morgan fingerprint density at radius 2 is 1.66 bits per heavy atom. The highest BCUT2D eigenvalue weighted by Gasteiger charge is 2.51. The number of hydrogen-bond acceptors (Lipinski definition) is 5. The molecule has 1 fully saturated rings. The molecule has 0 heterocycles. The maximum atomic E-state index is 12.6. The van der Waals surface area contributed by atoms with Crippen LogP contribution in [-0.4, -0.2) is 51.8 Å². The first kappa shape index (κ1) is 28.1. The summed E-state index contributed by atoms with van der Waals surface area (Å²) in [6, 6.07) is 13.9. The molecule has 0 radical (unpaired) electrons. The van der Waals surface area contributed by atoms with Gasteiger partial charge in [0.05, 0.1) is 10.3 Å². The van der Waals surface area contributed by atoms with Crippen molar-refractivity contribution in [2.24, 2.45) is 0 Å². The molecular formula is C23H27F3N2O6S. The second kappa shape index (κ2) is 11.5. The maximum absolute atomic E-state index is 12.6. The maximum Gasteiger partial charge on any atom is 0.490 e. The van der Waals surface area contributed by atoms with Crippen LogP contribution in [0.2, 0.25) is 0 Å². The third-order valence-corrected chi connectivity index (χ3v) is 6.85. The van der Waals surface area contributed by atoms with E-state index in [4.69, 9.17) is 14.6 Å². The predicted molar refractivity (Wildman–Crippen MR) is 123 cm³/mol. The van der Waals surface area contributed by atoms with Crippen LogP contribution in [0, 0.1) is 6.92 Å². The fourth-order valence-electron chi connectivity index (χ4n) is 3.28. The van der Waals surface area contributed by atoms with Gasteiger partial charge in [-0.15, -0.1) is 0 Å². The van der Waals surface area contributed by atoms with Crippen LogP contribution >= 0.6 is 0 Å². The van der Waals surface area contributed by atoms with E-state index in [0.717, 1.165) is 24.8 Å². The van der Waals surface area contributed by atoms with Crippen molar-refractivity contribution < 1.29 is 41.0 Å². The summed E-state index contributed by atoms with van der Waals surface area (Å²) in [6.07, 6.45) is -2.70. The van der Waals surface area contributed by atoms with Crippen molar-refractivity contribution in [1.82, 2.24) is 5.32 Å². The SMILES string of the molecule is COCCCNC(=O)C1(c2ccc(NS(=O)(=O)c3ccccc3C)cc2)CC1.O=C(O)C(F)(F)F. The summed E-state index contributed by atoms with van der Waals surface area (Å²) in [5, 5.41) is 10.1. The minimum absolute atomic E-state index is 0.0249. The van der Waals surface area contributed by atoms with Gasteiger partial charge in [-0.25, -0.2) is 13.2 Å². The van der Waals surface area contributed by atoms with Gasteiger partial charge in [0.15, 0.2) is 0 Å². The summed E-state index contributed by atoms with van der Waals surface area (Å²) < 4.78 is 64.6. The van der Waals surface area contributed by atoms with Crippen molar-refractivity contribution in [2.45, 2.75) is 42.7 Å². The van der Waals surface area contributed by atoms with Crippen molar-refractivity contribution in [3.8, 4) is 0 Å². The number of nitrogens with one attached hydrogen (secondary N) is 2. The lowest BCUT2D eigenvalue weighted by Gasteiger charge is -2.17. The lowest BCUT2D eigenvalue weighted by Crippen LogP contribution is -2.35. The smallest absolute Gasteiger partial charge is 0.475 e. The topological polar surface area (TPSA) is 122 Å². The van der Waals surface area contributed by atoms with E-state index in [2.05, 4.69) is 10.0 Å². The summed E-state index contributed by atoms with van der Waals surface area (Å²) >= 11 is 0. The molecule has 1 saturated carbocycles. The average molecular weight is 517 g/mol. The number of aliphatic carboxylic acids is 1. The molecule has 1 amide bonds. The number of halogens is 3. The molecule has 3 N–H and O–H groups in total. The minimum Gasteiger partial charge on any atom is -0.475 e. The third-order valence-electron chi connectivity index (χ3n) is 5.31. The molecule has 0 atom stereocenters. The molecule has 0 bridgehead atoms. The number of rotatable bonds is 9. The van der Waals surface area contributed by atoms with E-state index in [1.807, 2.05) is 12.1 Å². The number of anilines is 1. The zero-order chi connectivity index (χ0) is 26.3. The number of amides is 1. The Morgan fingerprint density at radius 1 is 1.09 bits per heavy atom. The molecule has 0 saturated heterocycles. The fraction of sp³-hybridized carbons (Fsp3) is 0.391. The molecule has 35 heavy (non-hydrogen) atoms. The summed E-state index contributed by atoms with van der Waals surface area (Å²) in [7, 11) is -2.01. The first-order chi connectivity index (χ1) is 16.3. The molecule has 12 heteroatoms. The van der Waals surface area contributed by atoms with Gasteiger partial charge in [-0.3, -0.25) is 9.52 Å². The van der Waals surface area contributed by atoms with E-state index in [-0.39, 0.29) is 10.8 Å². The third kappa shape index (κ3) is 7.69. The zero-order valence-corrected chi connectivity index (χ0v) is 20.0. The second-order valence-electron chi connectivity index (χ2n) is 7.94. The van der Waals surface area contributed by atoms with E-state index < -0.39 is 27.6 Å². The number of benzene rings is 2. The highest BCUT2D eigenvalue weighted by molar-refractivity contribution is 7.92. The largest absolute Gasteiger partial charge is 0.490 e. The van der Waals surface area contributed by atoms with Crippen LogP contribution in [0.4, 0.5) is 18.9 Å². The number of carboxylic acid groups (broad SMARTS) is 1. The summed E-state index contributed by atoms with van der Waals surface area (Å²) in [6.45, 7) is 2.96. The van der Waals surface area contributed by atoms with E-state index in [1.54, 1.807) is 50.4 Å². The van der Waals surface area contributed by atoms with Gasteiger partial charge in [0.25, 0.3) is 10.0 Å². The van der Waals surface area contributed by atoms with E-state index in [9.17, 15) is 26.4 Å². The van der Waals surface area contributed by atoms with Gasteiger partial charge >= 0.3 is 12.1 Å². The Balaban J connectivity index is 0.000000540. The molecule has 8 nitrogen and oxygen atoms in total. The summed E-state index contributed by atoms with van der Waals surface area (Å²) in [5.74, 6) is -2.73. The lowest BCUT2D eigenvalue weighted by atomic mass is 9.95. The number of carboxylic acids is 1. The standard InChI is InChI=1S/C21H26N2O4S.C2HF3O2/c1-16-6-3-4-7-19(16)28(25,26)23-18-10-8-17(9-11-18)21(12-13-21)20(24)22-14-5-15-27-2;3-2(4,5)1(6)7/h3-4,6-11,23H,5,12-15H2,1-2H3,(H,22,24);(H,6,7). The Bertz CT molecular complexity index is 1130. The van der Waals surface area contributed by atoms with Gasteiger partial charge in [0.2, 0.25) is 5.91 Å². The molecule has 0 aromatic heterocycles. The fourth-order valence-corrected chi connectivity index (χ4v) is 4.59. The molecule has 0 unspecified atom stereocenters. The van der Waals surface area contributed by atoms with Gasteiger partial charge in [0.1, 0.15) is 0 Å². The van der Waals surface area contributed by atoms with Crippen LogP contribution in [-0.2, 0) is 29.8 Å². The highest BCUT2D eigenvalue weighted by Crippen LogP contribution is 2.48. The van der Waals surface area contributed by atoms with Crippen molar-refractivity contribution >= 4 is 27.6 Å². The molecule has 1 aliphatic carbocycles. The minimum atomic E-state index is -5.08. The Hall–Kier alpha value is -3.12. The van der Waals surface area contributed by atoms with Crippen LogP contribution < -0.4 is 10.0 Å². The average Bonchev–Trinajstić information content (AvgIpc) is 3.59. The lowest BCUT2D eigenvalue weighted by molar-refractivity contribution is -0.192. The van der Waals surface area contributed by atoms with Crippen molar-refractivity contribution in [3.63, 3.8) is 0 Å². The first-order valence-electron chi connectivity index (χ1n) is 10.6. The monoisotopic (exact) mass is 516 g/mol. The number of alkyl halides is 3. The Kier molecular flexibility index (Phi) is 9.27. The number of carbonyl (C=O) groups is 2.